The van der Waals surface area contributed by atoms with Crippen molar-refractivity contribution in [3.8, 4) is 0 Å². The molecule has 0 radical (unpaired) electrons. The minimum absolute atomic E-state index is 0.0615. The molecule has 0 amide bonds. The maximum absolute atomic E-state index is 5.17. The number of rotatable bonds is 10. The molecule has 0 aliphatic heterocycles. The Kier molecular flexibility index (Phi) is 7.77. The molecule has 0 fully saturated rings. The van der Waals surface area contributed by atoms with Gasteiger partial charge in [-0.05, 0) is 12.8 Å². The molecule has 1 N–H and O–H groups in total. The monoisotopic (exact) mass is 348 g/mol. The molecule has 0 aliphatic rings. The summed E-state index contributed by atoms with van der Waals surface area (Å²) in [6, 6.07) is 0. The van der Waals surface area contributed by atoms with Crippen molar-refractivity contribution in [2.45, 2.75) is 130 Å². The lowest BCUT2D eigenvalue weighted by atomic mass is 9.75. The van der Waals surface area contributed by atoms with E-state index in [1.54, 1.807) is 0 Å². The first-order chi connectivity index (χ1) is 11.5. The lowest BCUT2D eigenvalue weighted by Crippen LogP contribution is -2.26. The van der Waals surface area contributed by atoms with Gasteiger partial charge < -0.3 is 4.98 Å². The quantitative estimate of drug-likeness (QED) is 0.438. The first-order valence-corrected chi connectivity index (χ1v) is 10.6. The van der Waals surface area contributed by atoms with Crippen LogP contribution in [0.5, 0.6) is 0 Å². The van der Waals surface area contributed by atoms with E-state index in [2.05, 4.69) is 67.3 Å². The number of hydrogen-bond donors (Lipinski definition) is 1. The second kappa shape index (κ2) is 8.73. The summed E-state index contributed by atoms with van der Waals surface area (Å²) in [5, 5.41) is 0. The van der Waals surface area contributed by atoms with Crippen LogP contribution < -0.4 is 0 Å². The minimum atomic E-state index is 0.0615. The summed E-state index contributed by atoms with van der Waals surface area (Å²) < 4.78 is 0. The molecule has 1 rings (SSSR count). The van der Waals surface area contributed by atoms with Gasteiger partial charge in [-0.15, -0.1) is 0 Å². The highest BCUT2D eigenvalue weighted by molar-refractivity contribution is 5.31. The van der Waals surface area contributed by atoms with Crippen LogP contribution in [0.3, 0.4) is 0 Å². The van der Waals surface area contributed by atoms with E-state index in [1.165, 1.54) is 62.8 Å². The summed E-state index contributed by atoms with van der Waals surface area (Å²) in [7, 11) is 0. The van der Waals surface area contributed by atoms with Gasteiger partial charge in [-0.3, -0.25) is 0 Å². The Morgan fingerprint density at radius 1 is 0.720 bits per heavy atom. The normalized spacial score (nSPS) is 13.5. The fourth-order valence-corrected chi connectivity index (χ4v) is 3.59. The van der Waals surface area contributed by atoms with Crippen molar-refractivity contribution in [3.63, 3.8) is 0 Å². The first-order valence-electron chi connectivity index (χ1n) is 10.6. The van der Waals surface area contributed by atoms with Gasteiger partial charge in [0.2, 0.25) is 0 Å². The van der Waals surface area contributed by atoms with E-state index in [0.29, 0.717) is 0 Å². The highest BCUT2D eigenvalue weighted by atomic mass is 15.0. The number of aromatic nitrogens is 2. The van der Waals surface area contributed by atoms with Crippen LogP contribution >= 0.6 is 0 Å². The minimum Gasteiger partial charge on any atom is -0.345 e. The van der Waals surface area contributed by atoms with Gasteiger partial charge in [0.25, 0.3) is 0 Å². The van der Waals surface area contributed by atoms with E-state index in [0.717, 1.165) is 5.82 Å². The van der Waals surface area contributed by atoms with Gasteiger partial charge in [0.15, 0.2) is 0 Å². The molecular weight excluding hydrogens is 304 g/mol. The Hall–Kier alpha value is -0.790. The lowest BCUT2D eigenvalue weighted by Gasteiger charge is -2.30. The van der Waals surface area contributed by atoms with Crippen LogP contribution in [-0.2, 0) is 16.2 Å². The standard InChI is InChI=1S/C23H44N2/c1-10-12-14-16-22(6,7)18-19(23(8,9)17-15-13-11-2)25-20(24-18)21(3,4)5/h10-17H2,1-9H3,(H,24,25). The van der Waals surface area contributed by atoms with E-state index in [-0.39, 0.29) is 16.2 Å². The van der Waals surface area contributed by atoms with Crippen molar-refractivity contribution in [2.24, 2.45) is 0 Å². The predicted molar refractivity (Wildman–Crippen MR) is 112 cm³/mol. The highest BCUT2D eigenvalue weighted by Gasteiger charge is 2.35. The van der Waals surface area contributed by atoms with E-state index in [4.69, 9.17) is 4.98 Å². The number of nitrogens with one attached hydrogen (secondary N) is 1. The molecule has 2 nitrogen and oxygen atoms in total. The van der Waals surface area contributed by atoms with Gasteiger partial charge in [-0.25, -0.2) is 4.98 Å². The molecule has 1 aromatic heterocycles. The zero-order valence-corrected chi connectivity index (χ0v) is 18.6. The zero-order valence-electron chi connectivity index (χ0n) is 18.6. The number of H-pyrrole nitrogens is 1. The molecule has 0 aromatic carbocycles. The Labute approximate surface area is 157 Å². The molecule has 146 valence electrons. The molecule has 0 bridgehead atoms. The average molecular weight is 349 g/mol. The largest absolute Gasteiger partial charge is 0.345 e. The molecule has 0 saturated carbocycles. The van der Waals surface area contributed by atoms with Crippen molar-refractivity contribution in [1.29, 1.82) is 0 Å². The summed E-state index contributed by atoms with van der Waals surface area (Å²) in [6.07, 6.45) is 10.2. The number of nitrogens with zero attached hydrogens (tertiary/aromatic N) is 1. The maximum Gasteiger partial charge on any atom is 0.112 e. The summed E-state index contributed by atoms with van der Waals surface area (Å²) in [5.41, 5.74) is 3.05. The van der Waals surface area contributed by atoms with Gasteiger partial charge in [-0.1, -0.05) is 101 Å². The van der Waals surface area contributed by atoms with Crippen LogP contribution in [0, 0.1) is 0 Å². The summed E-state index contributed by atoms with van der Waals surface area (Å²) in [6.45, 7) is 20.9. The van der Waals surface area contributed by atoms with E-state index in [1.807, 2.05) is 0 Å². The smallest absolute Gasteiger partial charge is 0.112 e. The van der Waals surface area contributed by atoms with Crippen LogP contribution in [0.25, 0.3) is 0 Å². The Balaban J connectivity index is 3.23. The predicted octanol–water partition coefficient (Wildman–Crippen LogP) is 7.42. The fourth-order valence-electron chi connectivity index (χ4n) is 3.59. The van der Waals surface area contributed by atoms with Crippen LogP contribution in [0.2, 0.25) is 0 Å². The molecule has 1 aromatic rings. The maximum atomic E-state index is 5.17. The SMILES string of the molecule is CCCCCC(C)(C)c1nc(C(C)(C)C)[nH]c1C(C)(C)CCCCC. The second-order valence-electron chi connectivity index (χ2n) is 10.2. The van der Waals surface area contributed by atoms with Crippen LogP contribution in [-0.4, -0.2) is 9.97 Å². The third-order valence-corrected chi connectivity index (χ3v) is 5.54. The van der Waals surface area contributed by atoms with Gasteiger partial charge in [-0.2, -0.15) is 0 Å². The van der Waals surface area contributed by atoms with Gasteiger partial charge in [0, 0.05) is 21.9 Å². The number of imidazole rings is 1. The Morgan fingerprint density at radius 3 is 1.64 bits per heavy atom. The zero-order chi connectivity index (χ0) is 19.3. The molecule has 0 saturated heterocycles. The van der Waals surface area contributed by atoms with Gasteiger partial charge in [0.1, 0.15) is 5.82 Å². The molecule has 0 spiro atoms. The van der Waals surface area contributed by atoms with Gasteiger partial charge >= 0.3 is 0 Å². The number of unbranched alkanes of at least 4 members (excludes halogenated alkanes) is 4. The molecule has 0 aliphatic carbocycles. The van der Waals surface area contributed by atoms with Crippen molar-refractivity contribution in [1.82, 2.24) is 9.97 Å². The van der Waals surface area contributed by atoms with Crippen molar-refractivity contribution < 1.29 is 0 Å². The van der Waals surface area contributed by atoms with Crippen molar-refractivity contribution in [2.75, 3.05) is 0 Å². The molecule has 0 unspecified atom stereocenters. The van der Waals surface area contributed by atoms with E-state index in [9.17, 15) is 0 Å². The van der Waals surface area contributed by atoms with Crippen molar-refractivity contribution in [3.05, 3.63) is 17.2 Å². The fraction of sp³-hybridized carbons (Fsp3) is 0.870. The molecule has 1 heterocycles. The molecule has 25 heavy (non-hydrogen) atoms. The number of hydrogen-bond acceptors (Lipinski definition) is 1. The Morgan fingerprint density at radius 2 is 1.20 bits per heavy atom. The lowest BCUT2D eigenvalue weighted by molar-refractivity contribution is 0.399. The van der Waals surface area contributed by atoms with E-state index >= 15 is 0 Å². The third-order valence-electron chi connectivity index (χ3n) is 5.54. The summed E-state index contributed by atoms with van der Waals surface area (Å²) in [5.74, 6) is 1.14. The molecule has 0 atom stereocenters. The third kappa shape index (κ3) is 6.15. The summed E-state index contributed by atoms with van der Waals surface area (Å²) in [4.78, 5) is 8.95. The second-order valence-corrected chi connectivity index (χ2v) is 10.2. The first kappa shape index (κ1) is 22.3. The number of aromatic amines is 1. The molecular formula is C23H44N2. The van der Waals surface area contributed by atoms with Crippen LogP contribution in [0.15, 0.2) is 0 Å². The van der Waals surface area contributed by atoms with E-state index < -0.39 is 0 Å². The topological polar surface area (TPSA) is 28.7 Å². The van der Waals surface area contributed by atoms with Crippen LogP contribution in [0.4, 0.5) is 0 Å². The molecule has 2 heteroatoms. The van der Waals surface area contributed by atoms with Gasteiger partial charge in [0.05, 0.1) is 5.69 Å². The summed E-state index contributed by atoms with van der Waals surface area (Å²) >= 11 is 0. The average Bonchev–Trinajstić information content (AvgIpc) is 2.94. The van der Waals surface area contributed by atoms with Crippen molar-refractivity contribution >= 4 is 0 Å². The van der Waals surface area contributed by atoms with Crippen LogP contribution in [0.1, 0.15) is 131 Å². The highest BCUT2D eigenvalue weighted by Crippen LogP contribution is 2.39. The Bertz CT molecular complexity index is 475.